The summed E-state index contributed by atoms with van der Waals surface area (Å²) in [6.45, 7) is 23.8. The number of hydrogen-bond donors (Lipinski definition) is 2. The molecule has 6 heterocycles. The highest BCUT2D eigenvalue weighted by Gasteiger charge is 2.41. The minimum absolute atomic E-state index is 0.0942. The Balaban J connectivity index is 0.000000182. The van der Waals surface area contributed by atoms with Crippen molar-refractivity contribution in [3.05, 3.63) is 186 Å². The Labute approximate surface area is 526 Å². The summed E-state index contributed by atoms with van der Waals surface area (Å²) in [5.74, 6) is 4.92. The number of amides is 4. The van der Waals surface area contributed by atoms with Crippen LogP contribution >= 0.6 is 23.5 Å². The normalized spacial score (nSPS) is 22.7. The van der Waals surface area contributed by atoms with Crippen molar-refractivity contribution in [2.24, 2.45) is 0 Å². The second kappa shape index (κ2) is 27.1. The summed E-state index contributed by atoms with van der Waals surface area (Å²) in [4.78, 5) is 52.3. The number of thioether (sulfide) groups is 2. The molecule has 2 N–H and O–H groups in total. The molecule has 0 aliphatic carbocycles. The maximum atomic E-state index is 11.8. The van der Waals surface area contributed by atoms with Crippen LogP contribution < -0.4 is 39.1 Å². The third kappa shape index (κ3) is 14.6. The Bertz CT molecular complexity index is 3650. The summed E-state index contributed by atoms with van der Waals surface area (Å²) >= 11 is 1.85. The number of carbonyl (C=O) groups is 4. The number of rotatable bonds is 17. The van der Waals surface area contributed by atoms with Gasteiger partial charge in [0.2, 0.25) is 0 Å². The lowest BCUT2D eigenvalue weighted by molar-refractivity contribution is -0.116. The zero-order valence-electron chi connectivity index (χ0n) is 51.8. The van der Waals surface area contributed by atoms with Gasteiger partial charge in [-0.15, -0.1) is 0 Å². The second-order valence-electron chi connectivity index (χ2n) is 24.7. The van der Waals surface area contributed by atoms with E-state index in [1.165, 1.54) is 27.8 Å². The van der Waals surface area contributed by atoms with Crippen molar-refractivity contribution in [3.8, 4) is 34.5 Å². The number of piperidine rings is 1. The fourth-order valence-corrected chi connectivity index (χ4v) is 14.3. The van der Waals surface area contributed by atoms with Crippen LogP contribution in [0, 0.1) is 41.5 Å². The molecule has 2 unspecified atom stereocenters. The van der Waals surface area contributed by atoms with Crippen LogP contribution in [0.1, 0.15) is 119 Å². The summed E-state index contributed by atoms with van der Waals surface area (Å²) in [7, 11) is 0. The highest BCUT2D eigenvalue weighted by molar-refractivity contribution is 8.18. The molecule has 4 saturated heterocycles. The van der Waals surface area contributed by atoms with E-state index < -0.39 is 0 Å². The van der Waals surface area contributed by atoms with E-state index in [-0.39, 0.29) is 39.6 Å². The van der Waals surface area contributed by atoms with Crippen LogP contribution in [-0.2, 0) is 35.6 Å². The van der Waals surface area contributed by atoms with Crippen LogP contribution in [0.2, 0.25) is 0 Å². The zero-order chi connectivity index (χ0) is 61.7. The quantitative estimate of drug-likeness (QED) is 0.0832. The molecule has 0 bridgehead atoms. The molecule has 16 heteroatoms. The highest BCUT2D eigenvalue weighted by Crippen LogP contribution is 2.46. The molecule has 0 radical (unpaired) electrons. The third-order valence-electron chi connectivity index (χ3n) is 18.0. The predicted octanol–water partition coefficient (Wildman–Crippen LogP) is 14.3. The number of carbonyl (C=O) groups excluding carboxylic acids is 4. The first kappa shape index (κ1) is 62.1. The molecule has 6 aromatic carbocycles. The van der Waals surface area contributed by atoms with Crippen molar-refractivity contribution in [2.45, 2.75) is 143 Å². The Kier molecular flexibility index (Phi) is 19.1. The average Bonchev–Trinajstić information content (AvgIpc) is 1.88. The summed E-state index contributed by atoms with van der Waals surface area (Å²) in [5.41, 5.74) is 13.0. The first-order chi connectivity index (χ1) is 42.4. The fourth-order valence-electron chi connectivity index (χ4n) is 13.0. The van der Waals surface area contributed by atoms with E-state index in [4.69, 9.17) is 28.4 Å². The molecule has 88 heavy (non-hydrogen) atoms. The lowest BCUT2D eigenvalue weighted by Gasteiger charge is -2.43. The van der Waals surface area contributed by atoms with Crippen LogP contribution in [0.5, 0.6) is 34.5 Å². The van der Waals surface area contributed by atoms with Crippen LogP contribution in [0.25, 0.3) is 12.2 Å². The van der Waals surface area contributed by atoms with E-state index in [0.717, 1.165) is 181 Å². The van der Waals surface area contributed by atoms with Gasteiger partial charge in [-0.1, -0.05) is 84.9 Å². The maximum absolute atomic E-state index is 11.8. The van der Waals surface area contributed by atoms with E-state index in [2.05, 4.69) is 100 Å². The number of imide groups is 2. The molecule has 6 aliphatic rings. The van der Waals surface area contributed by atoms with Crippen molar-refractivity contribution >= 4 is 58.0 Å². The van der Waals surface area contributed by atoms with Gasteiger partial charge in [-0.3, -0.25) is 39.6 Å². The van der Waals surface area contributed by atoms with Crippen LogP contribution in [0.3, 0.4) is 0 Å². The predicted molar refractivity (Wildman–Crippen MR) is 349 cm³/mol. The SMILES string of the molecule is Cc1c(C)c2c(c(C)c1OCc1ccccc1)CCC(C)(CN1CCC[C@@H](Oc3ccc(/C=C4\SC(=O)NC4=O)cc3)C1)O2.Cc1c(C)c2c(c(C)c1OCc1ccccc1)CCC(C)(CN1CCC[C@H]1COc1ccc(/C=C3\SC(=O)NC3=O)cc1)O2. The van der Waals surface area contributed by atoms with E-state index in [0.29, 0.717) is 35.7 Å². The van der Waals surface area contributed by atoms with Crippen molar-refractivity contribution in [1.82, 2.24) is 20.4 Å². The minimum Gasteiger partial charge on any atom is -0.492 e. The molecule has 6 aromatic rings. The van der Waals surface area contributed by atoms with Gasteiger partial charge in [0.15, 0.2) is 0 Å². The molecule has 6 aliphatic heterocycles. The molecule has 4 amide bonds. The smallest absolute Gasteiger partial charge is 0.290 e. The van der Waals surface area contributed by atoms with E-state index in [1.54, 1.807) is 12.2 Å². The standard InChI is InChI=1S/2C36H40N2O5S/c1-23-24(2)33-30(25(3)32(23)41-21-27-9-6-5-7-10-27)16-17-36(4,43-33)22-38-18-8-11-29(20-38)42-28-14-12-26(13-15-28)19-31-34(39)37-35(40)44-31;1-23-24(2)33-30(25(3)32(23)42-20-27-9-6-5-7-10-27)16-17-36(4,43-33)22-38-18-8-11-28(38)21-41-29-14-12-26(13-15-29)19-31-34(39)37-35(40)44-31/h5-7,9-10,12-15,19,29H,8,11,16-18,20-22H2,1-4H3,(H,37,39,40);5-7,9-10,12-15,19,28H,8,11,16-18,20-22H2,1-4H3,(H,37,39,40)/b2*31-19-/t29-,36?;28-,36?/m10/s1. The summed E-state index contributed by atoms with van der Waals surface area (Å²) < 4.78 is 39.1. The van der Waals surface area contributed by atoms with Gasteiger partial charge >= 0.3 is 0 Å². The number of benzene rings is 6. The number of nitrogens with one attached hydrogen (secondary N) is 2. The zero-order valence-corrected chi connectivity index (χ0v) is 53.4. The van der Waals surface area contributed by atoms with Gasteiger partial charge in [0.1, 0.15) is 71.6 Å². The molecule has 460 valence electrons. The molecule has 4 atom stereocenters. The highest BCUT2D eigenvalue weighted by atomic mass is 32.2. The third-order valence-corrected chi connectivity index (χ3v) is 19.6. The number of nitrogens with zero attached hydrogens (tertiary/aromatic N) is 2. The average molecular weight is 1230 g/mol. The fraction of sp³-hybridized carbons (Fsp3) is 0.389. The van der Waals surface area contributed by atoms with Crippen LogP contribution in [0.4, 0.5) is 9.59 Å². The van der Waals surface area contributed by atoms with Crippen LogP contribution in [0.15, 0.2) is 119 Å². The summed E-state index contributed by atoms with van der Waals surface area (Å²) in [6, 6.07) is 36.3. The van der Waals surface area contributed by atoms with Gasteiger partial charge in [0.25, 0.3) is 22.3 Å². The van der Waals surface area contributed by atoms with Gasteiger partial charge in [0.05, 0.1) is 9.81 Å². The second-order valence-corrected chi connectivity index (χ2v) is 26.7. The van der Waals surface area contributed by atoms with Gasteiger partial charge < -0.3 is 28.4 Å². The summed E-state index contributed by atoms with van der Waals surface area (Å²) in [6.07, 6.45) is 11.7. The lowest BCUT2D eigenvalue weighted by atomic mass is 9.86. The van der Waals surface area contributed by atoms with Gasteiger partial charge in [-0.25, -0.2) is 0 Å². The molecule has 0 saturated carbocycles. The lowest BCUT2D eigenvalue weighted by Crippen LogP contribution is -2.51. The van der Waals surface area contributed by atoms with Gasteiger partial charge in [-0.2, -0.15) is 0 Å². The first-order valence-electron chi connectivity index (χ1n) is 30.8. The Morgan fingerprint density at radius 2 is 1.03 bits per heavy atom. The first-order valence-corrected chi connectivity index (χ1v) is 32.4. The molecular formula is C72H80N4O10S2. The maximum Gasteiger partial charge on any atom is 0.290 e. The van der Waals surface area contributed by atoms with Crippen molar-refractivity contribution in [1.29, 1.82) is 0 Å². The number of hydrogen-bond acceptors (Lipinski definition) is 14. The van der Waals surface area contributed by atoms with Crippen molar-refractivity contribution in [2.75, 3.05) is 39.3 Å². The molecular weight excluding hydrogens is 1140 g/mol. The largest absolute Gasteiger partial charge is 0.492 e. The Hall–Kier alpha value is -7.50. The van der Waals surface area contributed by atoms with E-state index >= 15 is 0 Å². The van der Waals surface area contributed by atoms with E-state index in [1.807, 2.05) is 84.9 Å². The van der Waals surface area contributed by atoms with E-state index in [9.17, 15) is 19.2 Å². The Morgan fingerprint density at radius 1 is 0.557 bits per heavy atom. The summed E-state index contributed by atoms with van der Waals surface area (Å²) in [5, 5.41) is 3.90. The Morgan fingerprint density at radius 3 is 1.52 bits per heavy atom. The molecule has 0 spiro atoms. The van der Waals surface area contributed by atoms with Gasteiger partial charge in [0, 0.05) is 36.8 Å². The number of ether oxygens (including phenoxy) is 6. The minimum atomic E-state index is -0.348. The molecule has 0 aromatic heterocycles. The number of likely N-dealkylation sites (tertiary alicyclic amines) is 2. The molecule has 12 rings (SSSR count). The topological polar surface area (TPSA) is 154 Å². The monoisotopic (exact) mass is 1220 g/mol. The van der Waals surface area contributed by atoms with Crippen LogP contribution in [-0.4, -0.2) is 94.8 Å². The van der Waals surface area contributed by atoms with Gasteiger partial charge in [-0.05, 0) is 235 Å². The molecule has 14 nitrogen and oxygen atoms in total. The molecule has 4 fully saturated rings. The van der Waals surface area contributed by atoms with Crippen molar-refractivity contribution < 1.29 is 47.6 Å². The van der Waals surface area contributed by atoms with Crippen molar-refractivity contribution in [3.63, 3.8) is 0 Å². The number of fused-ring (bicyclic) bond motifs is 2.